The molecule has 88 heavy (non-hydrogen) atoms. The zero-order valence-electron chi connectivity index (χ0n) is 53.7. The summed E-state index contributed by atoms with van der Waals surface area (Å²) in [5.74, 6) is 0. The van der Waals surface area contributed by atoms with E-state index in [2.05, 4.69) is 281 Å². The topological polar surface area (TPSA) is 37.7 Å². The smallest absolute Gasteiger partial charge is 0.333 e. The van der Waals surface area contributed by atoms with Gasteiger partial charge in [-0.2, -0.15) is 0 Å². The van der Waals surface area contributed by atoms with Gasteiger partial charge >= 0.3 is 6.85 Å². The first-order chi connectivity index (χ1) is 41.9. The number of furan rings is 2. The molecule has 0 radical (unpaired) electrons. The number of rotatable bonds is 4. The standard InChI is InChI=1S/C82H78BN3O2/c1-77(2,3)48-26-30-50(31-27-48)84(51-32-28-49(29-33-51)78(4,5)6)52-41-60-71-66(36-35-57-59-44-62-64(46-70(59)88-76(57)71)82(13,14)40-38-80(62,9)10)86(67-24-18-22-56-58-43-61-63(45-69(58)87-75(56)67)81(11,12)39-37-79(61,7)8)83-65-23-17-21-54-55-34-25-47-19-15-16-20-53(47)73(55)85(74(54)65)68(42-52)72(60)83/h15-36,41-46H,37-40H2,1-14H3. The molecular weight excluding hydrogens is 1070 g/mol. The highest BCUT2D eigenvalue weighted by molar-refractivity contribution is 6.94. The molecule has 0 fully saturated rings. The Morgan fingerprint density at radius 3 is 1.50 bits per heavy atom. The monoisotopic (exact) mass is 1150 g/mol. The Balaban J connectivity index is 1.03. The maximum Gasteiger partial charge on any atom is 0.333 e. The van der Waals surface area contributed by atoms with Gasteiger partial charge in [-0.25, -0.2) is 0 Å². The Hall–Kier alpha value is -8.48. The van der Waals surface area contributed by atoms with Crippen molar-refractivity contribution in [1.82, 2.24) is 4.57 Å². The van der Waals surface area contributed by atoms with E-state index < -0.39 is 0 Å². The largest absolute Gasteiger partial charge is 0.455 e. The van der Waals surface area contributed by atoms with E-state index in [0.717, 1.165) is 98.5 Å². The number of benzene rings is 10. The molecular formula is C82H78BN3O2. The minimum absolute atomic E-state index is 0.00692. The molecule has 0 atom stereocenters. The quantitative estimate of drug-likeness (QED) is 0.165. The van der Waals surface area contributed by atoms with Crippen LogP contribution in [0.25, 0.3) is 93.3 Å². The Morgan fingerprint density at radius 2 is 0.909 bits per heavy atom. The van der Waals surface area contributed by atoms with Crippen LogP contribution in [0.3, 0.4) is 0 Å². The molecule has 436 valence electrons. The molecule has 3 aromatic heterocycles. The summed E-state index contributed by atoms with van der Waals surface area (Å²) >= 11 is 0. The van der Waals surface area contributed by atoms with Crippen molar-refractivity contribution in [3.05, 3.63) is 203 Å². The van der Waals surface area contributed by atoms with E-state index in [9.17, 15) is 0 Å². The van der Waals surface area contributed by atoms with Gasteiger partial charge in [0.1, 0.15) is 16.7 Å². The molecule has 6 heteroatoms. The lowest BCUT2D eigenvalue weighted by atomic mass is 9.44. The lowest BCUT2D eigenvalue weighted by Crippen LogP contribution is -2.60. The van der Waals surface area contributed by atoms with Gasteiger partial charge in [0.05, 0.1) is 16.7 Å². The molecule has 5 heterocycles. The van der Waals surface area contributed by atoms with Gasteiger partial charge in [0.25, 0.3) is 0 Å². The molecule has 0 saturated carbocycles. The van der Waals surface area contributed by atoms with Gasteiger partial charge in [0.2, 0.25) is 0 Å². The average Bonchev–Trinajstić information content (AvgIpc) is 1.34. The molecule has 5 nitrogen and oxygen atoms in total. The third kappa shape index (κ3) is 7.47. The second-order valence-corrected chi connectivity index (χ2v) is 31.4. The molecule has 0 N–H and O–H groups in total. The van der Waals surface area contributed by atoms with Crippen molar-refractivity contribution >= 4 is 123 Å². The average molecular weight is 1150 g/mol. The number of anilines is 5. The number of para-hydroxylation sites is 2. The third-order valence-electron chi connectivity index (χ3n) is 22.0. The van der Waals surface area contributed by atoms with Gasteiger partial charge in [0.15, 0.2) is 5.58 Å². The molecule has 17 rings (SSSR count). The number of hydrogen-bond donors (Lipinski definition) is 0. The summed E-state index contributed by atoms with van der Waals surface area (Å²) in [6, 6.07) is 65.9. The molecule has 0 bridgehead atoms. The van der Waals surface area contributed by atoms with E-state index in [-0.39, 0.29) is 39.3 Å². The molecule has 4 aliphatic rings. The molecule has 0 spiro atoms. The van der Waals surface area contributed by atoms with Gasteiger partial charge in [-0.3, -0.25) is 0 Å². The zero-order valence-corrected chi connectivity index (χ0v) is 53.7. The first kappa shape index (κ1) is 53.7. The molecule has 2 aliphatic carbocycles. The van der Waals surface area contributed by atoms with E-state index >= 15 is 0 Å². The van der Waals surface area contributed by atoms with E-state index in [0.29, 0.717) is 0 Å². The summed E-state index contributed by atoms with van der Waals surface area (Å²) in [6.07, 6.45) is 4.54. The van der Waals surface area contributed by atoms with Crippen LogP contribution >= 0.6 is 0 Å². The van der Waals surface area contributed by atoms with Gasteiger partial charge < -0.3 is 23.1 Å². The van der Waals surface area contributed by atoms with E-state index in [4.69, 9.17) is 8.83 Å². The zero-order chi connectivity index (χ0) is 60.7. The lowest BCUT2D eigenvalue weighted by Gasteiger charge is -2.42. The summed E-state index contributed by atoms with van der Waals surface area (Å²) in [7, 11) is 0. The third-order valence-corrected chi connectivity index (χ3v) is 22.0. The fraction of sp³-hybridized carbons (Fsp3) is 0.293. The predicted molar refractivity (Wildman–Crippen MR) is 375 cm³/mol. The van der Waals surface area contributed by atoms with E-state index in [1.54, 1.807) is 0 Å². The first-order valence-electron chi connectivity index (χ1n) is 32.3. The maximum atomic E-state index is 7.71. The van der Waals surface area contributed by atoms with Gasteiger partial charge in [0, 0.05) is 71.7 Å². The van der Waals surface area contributed by atoms with Crippen molar-refractivity contribution in [1.29, 1.82) is 0 Å². The van der Waals surface area contributed by atoms with Crippen LogP contribution < -0.4 is 20.6 Å². The Morgan fingerprint density at radius 1 is 0.409 bits per heavy atom. The minimum atomic E-state index is -0.274. The second kappa shape index (κ2) is 17.6. The van der Waals surface area contributed by atoms with Crippen LogP contribution in [-0.2, 0) is 32.5 Å². The number of hydrogen-bond acceptors (Lipinski definition) is 4. The molecule has 13 aromatic rings. The van der Waals surface area contributed by atoms with Gasteiger partial charge in [-0.05, 0) is 192 Å². The van der Waals surface area contributed by atoms with Crippen molar-refractivity contribution in [2.75, 3.05) is 9.71 Å². The van der Waals surface area contributed by atoms with Crippen molar-refractivity contribution in [3.8, 4) is 16.8 Å². The fourth-order valence-corrected chi connectivity index (χ4v) is 16.6. The normalized spacial score (nSPS) is 17.1. The van der Waals surface area contributed by atoms with Crippen LogP contribution in [0.5, 0.6) is 0 Å². The Bertz CT molecular complexity index is 5120. The van der Waals surface area contributed by atoms with Crippen LogP contribution in [0.15, 0.2) is 179 Å². The van der Waals surface area contributed by atoms with Crippen LogP contribution in [0, 0.1) is 0 Å². The van der Waals surface area contributed by atoms with Crippen molar-refractivity contribution in [2.45, 2.75) is 155 Å². The number of aromatic nitrogens is 1. The number of fused-ring (bicyclic) bond motifs is 18. The summed E-state index contributed by atoms with van der Waals surface area (Å²) in [4.78, 5) is 5.16. The first-order valence-corrected chi connectivity index (χ1v) is 32.3. The highest BCUT2D eigenvalue weighted by Gasteiger charge is 2.47. The van der Waals surface area contributed by atoms with E-state index in [1.807, 2.05) is 0 Å². The molecule has 0 unspecified atom stereocenters. The van der Waals surface area contributed by atoms with Crippen LogP contribution in [0.1, 0.15) is 156 Å². The summed E-state index contributed by atoms with van der Waals surface area (Å²) in [5.41, 5.74) is 25.8. The fourth-order valence-electron chi connectivity index (χ4n) is 16.6. The molecule has 2 aliphatic heterocycles. The van der Waals surface area contributed by atoms with Crippen molar-refractivity contribution in [3.63, 3.8) is 0 Å². The van der Waals surface area contributed by atoms with E-state index in [1.165, 1.54) is 93.2 Å². The van der Waals surface area contributed by atoms with Crippen LogP contribution in [-0.4, -0.2) is 11.4 Å². The van der Waals surface area contributed by atoms with Gasteiger partial charge in [-0.1, -0.05) is 188 Å². The summed E-state index contributed by atoms with van der Waals surface area (Å²) < 4.78 is 17.9. The Kier molecular flexibility index (Phi) is 10.8. The highest BCUT2D eigenvalue weighted by Crippen LogP contribution is 2.56. The molecule has 0 amide bonds. The predicted octanol–water partition coefficient (Wildman–Crippen LogP) is 21.7. The summed E-state index contributed by atoms with van der Waals surface area (Å²) in [5, 5.41) is 9.56. The summed E-state index contributed by atoms with van der Waals surface area (Å²) in [6.45, 7) is 33.0. The number of nitrogens with zero attached hydrogens (tertiary/aromatic N) is 3. The van der Waals surface area contributed by atoms with Crippen molar-refractivity contribution < 1.29 is 8.83 Å². The second-order valence-electron chi connectivity index (χ2n) is 31.4. The maximum absolute atomic E-state index is 7.71. The highest BCUT2D eigenvalue weighted by atomic mass is 16.3. The van der Waals surface area contributed by atoms with Crippen molar-refractivity contribution in [2.24, 2.45) is 0 Å². The molecule has 10 aromatic carbocycles. The van der Waals surface area contributed by atoms with Crippen LogP contribution in [0.2, 0.25) is 0 Å². The lowest BCUT2D eigenvalue weighted by molar-refractivity contribution is 0.332. The molecule has 0 saturated heterocycles. The Labute approximate surface area is 518 Å². The van der Waals surface area contributed by atoms with Gasteiger partial charge in [-0.15, -0.1) is 0 Å². The van der Waals surface area contributed by atoms with Crippen LogP contribution in [0.4, 0.5) is 28.4 Å². The SMILES string of the molecule is CC(C)(C)c1ccc(N(c2ccc(C(C)(C)C)cc2)c2cc3c4c(c2)-n2c5c(cccc5c5ccc6ccccc6c52)B4N(c2cccc4c2oc2cc5c(cc24)C(C)(C)CCC5(C)C)c2ccc4c(oc5cc6c(cc54)C(C)(C)CCC6(C)C)c2-3)cc1. The minimum Gasteiger partial charge on any atom is -0.455 e.